The maximum Gasteiger partial charge on any atom is 0.247 e. The fourth-order valence-electron chi connectivity index (χ4n) is 6.71. The van der Waals surface area contributed by atoms with Gasteiger partial charge in [-0.05, 0) is 74.2 Å². The maximum atomic E-state index is 13.2. The van der Waals surface area contributed by atoms with Crippen molar-refractivity contribution in [2.45, 2.75) is 50.6 Å². The molecule has 51 heavy (non-hydrogen) atoms. The molecule has 5 heterocycles. The van der Waals surface area contributed by atoms with Crippen molar-refractivity contribution in [2.75, 3.05) is 23.7 Å². The molecule has 2 aliphatic heterocycles. The van der Waals surface area contributed by atoms with Crippen LogP contribution in [0.15, 0.2) is 84.2 Å². The molecule has 2 saturated heterocycles. The number of likely N-dealkylation sites (tertiary alicyclic amines) is 2. The molecule has 0 aliphatic carbocycles. The second-order valence-electron chi connectivity index (χ2n) is 13.1. The zero-order valence-electron chi connectivity index (χ0n) is 28.5. The number of benzene rings is 2. The first-order chi connectivity index (χ1) is 24.7. The van der Waals surface area contributed by atoms with Crippen molar-refractivity contribution >= 4 is 35.0 Å². The van der Waals surface area contributed by atoms with Gasteiger partial charge in [0.25, 0.3) is 0 Å². The van der Waals surface area contributed by atoms with Crippen LogP contribution in [0.4, 0.5) is 11.4 Å². The van der Waals surface area contributed by atoms with E-state index in [0.717, 1.165) is 24.0 Å². The average Bonchev–Trinajstić information content (AvgIpc) is 3.96. The molecule has 5 aromatic rings. The highest BCUT2D eigenvalue weighted by Gasteiger charge is 2.35. The summed E-state index contributed by atoms with van der Waals surface area (Å²) in [6.07, 6.45) is 11.6. The molecule has 262 valence electrons. The SMILES string of the molecule is Cn1cnc(CC(=O)N2CCCC2C(=O)Nc2ccc(-c3cnc(-c4ccc(NC(=O)C5CCCN5C(=O)Cc5cn(C)cn5)cc4)o3)cc2)c1. The molecule has 0 bridgehead atoms. The Hall–Kier alpha value is -6.05. The van der Waals surface area contributed by atoms with Gasteiger partial charge in [-0.25, -0.2) is 15.0 Å². The number of aromatic nitrogens is 5. The Labute approximate surface area is 294 Å². The fourth-order valence-corrected chi connectivity index (χ4v) is 6.71. The van der Waals surface area contributed by atoms with E-state index in [1.165, 1.54) is 0 Å². The van der Waals surface area contributed by atoms with E-state index in [-0.39, 0.29) is 36.5 Å². The quantitative estimate of drug-likeness (QED) is 0.224. The number of carbonyl (C=O) groups excluding carboxylic acids is 4. The van der Waals surface area contributed by atoms with Crippen LogP contribution >= 0.6 is 0 Å². The van der Waals surface area contributed by atoms with E-state index in [0.29, 0.717) is 60.3 Å². The Balaban J connectivity index is 0.926. The highest BCUT2D eigenvalue weighted by atomic mass is 16.4. The van der Waals surface area contributed by atoms with Gasteiger partial charge in [-0.2, -0.15) is 0 Å². The second kappa shape index (κ2) is 14.4. The molecular formula is C37H39N9O5. The van der Waals surface area contributed by atoms with E-state index in [2.05, 4.69) is 25.6 Å². The molecule has 14 heteroatoms. The van der Waals surface area contributed by atoms with Crippen molar-refractivity contribution in [2.24, 2.45) is 14.1 Å². The molecule has 2 unspecified atom stereocenters. The van der Waals surface area contributed by atoms with Gasteiger partial charge in [-0.1, -0.05) is 0 Å². The molecule has 0 saturated carbocycles. The summed E-state index contributed by atoms with van der Waals surface area (Å²) in [4.78, 5) is 68.4. The van der Waals surface area contributed by atoms with Gasteiger partial charge in [-0.15, -0.1) is 0 Å². The maximum absolute atomic E-state index is 13.2. The normalized spacial score (nSPS) is 17.1. The van der Waals surface area contributed by atoms with Crippen LogP contribution in [-0.4, -0.2) is 82.7 Å². The van der Waals surface area contributed by atoms with Gasteiger partial charge < -0.3 is 34.0 Å². The summed E-state index contributed by atoms with van der Waals surface area (Å²) in [7, 11) is 3.70. The van der Waals surface area contributed by atoms with Gasteiger partial charge in [0.2, 0.25) is 29.5 Å². The number of aryl methyl sites for hydroxylation is 2. The number of carbonyl (C=O) groups is 4. The van der Waals surface area contributed by atoms with E-state index in [1.54, 1.807) is 62.1 Å². The molecule has 2 atom stereocenters. The number of hydrogen-bond acceptors (Lipinski definition) is 8. The predicted molar refractivity (Wildman–Crippen MR) is 188 cm³/mol. The molecule has 2 aliphatic rings. The topological polar surface area (TPSA) is 160 Å². The van der Waals surface area contributed by atoms with E-state index >= 15 is 0 Å². The first kappa shape index (κ1) is 33.4. The number of amides is 4. The van der Waals surface area contributed by atoms with Crippen LogP contribution in [0.5, 0.6) is 0 Å². The Morgan fingerprint density at radius 1 is 0.686 bits per heavy atom. The summed E-state index contributed by atoms with van der Waals surface area (Å²) in [6.45, 7) is 1.09. The van der Waals surface area contributed by atoms with Crippen molar-refractivity contribution in [3.63, 3.8) is 0 Å². The Morgan fingerprint density at radius 3 is 1.61 bits per heavy atom. The van der Waals surface area contributed by atoms with Gasteiger partial charge in [0.05, 0.1) is 43.1 Å². The third-order valence-corrected chi connectivity index (χ3v) is 9.28. The third kappa shape index (κ3) is 7.59. The van der Waals surface area contributed by atoms with E-state index in [4.69, 9.17) is 4.42 Å². The van der Waals surface area contributed by atoms with Gasteiger partial charge >= 0.3 is 0 Å². The van der Waals surface area contributed by atoms with Crippen LogP contribution in [0.2, 0.25) is 0 Å². The lowest BCUT2D eigenvalue weighted by Crippen LogP contribution is -2.43. The Kier molecular flexibility index (Phi) is 9.47. The molecule has 14 nitrogen and oxygen atoms in total. The van der Waals surface area contributed by atoms with E-state index in [9.17, 15) is 19.2 Å². The van der Waals surface area contributed by atoms with Gasteiger partial charge in [0.15, 0.2) is 5.76 Å². The number of imidazole rings is 2. The van der Waals surface area contributed by atoms with Crippen LogP contribution in [0.25, 0.3) is 22.8 Å². The summed E-state index contributed by atoms with van der Waals surface area (Å²) in [5.41, 5.74) is 4.09. The lowest BCUT2D eigenvalue weighted by atomic mass is 10.1. The fraction of sp³-hybridized carbons (Fsp3) is 0.324. The standard InChI is InChI=1S/C37H39N9O5/c1-43-20-28(39-22-43)17-33(47)45-15-3-5-30(45)35(49)41-26-11-7-24(8-12-26)32-19-38-37(51-32)25-9-13-27(14-10-25)42-36(50)31-6-4-16-46(31)34(48)18-29-21-44(2)23-40-29/h7-14,19-23,30-31H,3-6,15-18H2,1-2H3,(H,41,49)(H,42,50). The average molecular weight is 690 g/mol. The van der Waals surface area contributed by atoms with Crippen molar-refractivity contribution in [3.05, 3.63) is 91.2 Å². The highest BCUT2D eigenvalue weighted by molar-refractivity contribution is 5.98. The summed E-state index contributed by atoms with van der Waals surface area (Å²) in [5.74, 6) is 0.317. The van der Waals surface area contributed by atoms with Crippen molar-refractivity contribution in [3.8, 4) is 22.8 Å². The minimum Gasteiger partial charge on any atom is -0.436 e. The summed E-state index contributed by atoms with van der Waals surface area (Å²) in [5, 5.41) is 5.89. The summed E-state index contributed by atoms with van der Waals surface area (Å²) < 4.78 is 9.64. The van der Waals surface area contributed by atoms with E-state index < -0.39 is 12.1 Å². The molecule has 0 radical (unpaired) electrons. The first-order valence-electron chi connectivity index (χ1n) is 17.0. The van der Waals surface area contributed by atoms with Crippen molar-refractivity contribution in [1.29, 1.82) is 0 Å². The molecule has 4 amide bonds. The predicted octanol–water partition coefficient (Wildman–Crippen LogP) is 3.82. The first-order valence-corrected chi connectivity index (χ1v) is 17.0. The van der Waals surface area contributed by atoms with Crippen molar-refractivity contribution in [1.82, 2.24) is 33.9 Å². The highest BCUT2D eigenvalue weighted by Crippen LogP contribution is 2.29. The molecule has 0 spiro atoms. The number of anilines is 2. The number of nitrogens with one attached hydrogen (secondary N) is 2. The smallest absolute Gasteiger partial charge is 0.247 e. The zero-order chi connectivity index (χ0) is 35.5. The molecule has 2 aromatic carbocycles. The van der Waals surface area contributed by atoms with Crippen LogP contribution in [0.1, 0.15) is 37.1 Å². The van der Waals surface area contributed by atoms with E-state index in [1.807, 2.05) is 50.8 Å². The number of hydrogen-bond donors (Lipinski definition) is 2. The summed E-state index contributed by atoms with van der Waals surface area (Å²) >= 11 is 0. The zero-order valence-corrected chi connectivity index (χ0v) is 28.5. The van der Waals surface area contributed by atoms with Crippen molar-refractivity contribution < 1.29 is 23.6 Å². The molecule has 7 rings (SSSR count). The summed E-state index contributed by atoms with van der Waals surface area (Å²) in [6, 6.07) is 13.4. The molecule has 2 N–H and O–H groups in total. The number of oxazole rings is 1. The lowest BCUT2D eigenvalue weighted by molar-refractivity contribution is -0.136. The van der Waals surface area contributed by atoms with Gasteiger partial charge in [0, 0.05) is 62.1 Å². The monoisotopic (exact) mass is 689 g/mol. The Bertz CT molecular complexity index is 1900. The van der Waals surface area contributed by atoms with Crippen LogP contribution in [0, 0.1) is 0 Å². The third-order valence-electron chi connectivity index (χ3n) is 9.28. The molecular weight excluding hydrogens is 650 g/mol. The van der Waals surface area contributed by atoms with Crippen LogP contribution in [0.3, 0.4) is 0 Å². The van der Waals surface area contributed by atoms with Gasteiger partial charge in [0.1, 0.15) is 12.1 Å². The van der Waals surface area contributed by atoms with Gasteiger partial charge in [-0.3, -0.25) is 19.2 Å². The van der Waals surface area contributed by atoms with Crippen LogP contribution in [-0.2, 0) is 46.1 Å². The lowest BCUT2D eigenvalue weighted by Gasteiger charge is -2.23. The minimum atomic E-state index is -0.529. The van der Waals surface area contributed by atoms with Crippen LogP contribution < -0.4 is 10.6 Å². The minimum absolute atomic E-state index is 0.108. The number of rotatable bonds is 10. The second-order valence-corrected chi connectivity index (χ2v) is 13.1. The molecule has 2 fully saturated rings. The number of nitrogens with zero attached hydrogens (tertiary/aromatic N) is 7. The molecule has 3 aromatic heterocycles. The Morgan fingerprint density at radius 2 is 1.16 bits per heavy atom. The largest absolute Gasteiger partial charge is 0.436 e.